The second-order valence-electron chi connectivity index (χ2n) is 6.13. The van der Waals surface area contributed by atoms with Crippen LogP contribution in [0.1, 0.15) is 40.0 Å². The molecule has 0 spiro atoms. The highest BCUT2D eigenvalue weighted by atomic mass is 35.5. The number of hydrogen-bond donors (Lipinski definition) is 2. The third-order valence-electron chi connectivity index (χ3n) is 4.39. The average molecular weight is 335 g/mol. The van der Waals surface area contributed by atoms with Crippen molar-refractivity contribution in [1.82, 2.24) is 20.3 Å². The Morgan fingerprint density at radius 1 is 1.39 bits per heavy atom. The van der Waals surface area contributed by atoms with Crippen molar-refractivity contribution in [1.29, 1.82) is 0 Å². The second-order valence-corrected chi connectivity index (χ2v) is 6.54. The summed E-state index contributed by atoms with van der Waals surface area (Å²) in [5.74, 6) is -0.0936. The molecule has 6 nitrogen and oxygen atoms in total. The number of aliphatic hydroxyl groups is 1. The fourth-order valence-corrected chi connectivity index (χ4v) is 3.24. The summed E-state index contributed by atoms with van der Waals surface area (Å²) in [6, 6.07) is 3.61. The number of benzene rings is 1. The van der Waals surface area contributed by atoms with Crippen molar-refractivity contribution >= 4 is 17.5 Å². The SMILES string of the molecule is Cc1cc(C(=O)N2CCC[C@@](O)(c3cn[nH]n3)C2)c(C)cc1Cl. The van der Waals surface area contributed by atoms with Crippen molar-refractivity contribution in [3.63, 3.8) is 0 Å². The number of amides is 1. The summed E-state index contributed by atoms with van der Waals surface area (Å²) in [5.41, 5.74) is 1.64. The zero-order valence-electron chi connectivity index (χ0n) is 13.1. The molecular formula is C16H19ClN4O2. The number of aryl methyl sites for hydroxylation is 2. The van der Waals surface area contributed by atoms with Gasteiger partial charge in [0.1, 0.15) is 11.3 Å². The minimum atomic E-state index is -1.16. The molecule has 23 heavy (non-hydrogen) atoms. The van der Waals surface area contributed by atoms with Crippen molar-refractivity contribution in [2.24, 2.45) is 0 Å². The van der Waals surface area contributed by atoms with E-state index in [2.05, 4.69) is 15.4 Å². The van der Waals surface area contributed by atoms with Gasteiger partial charge < -0.3 is 10.0 Å². The van der Waals surface area contributed by atoms with Crippen LogP contribution in [0.5, 0.6) is 0 Å². The molecule has 1 aliphatic rings. The first-order chi connectivity index (χ1) is 10.9. The summed E-state index contributed by atoms with van der Waals surface area (Å²) in [6.45, 7) is 4.56. The van der Waals surface area contributed by atoms with Gasteiger partial charge in [0.25, 0.3) is 5.91 Å². The molecule has 122 valence electrons. The predicted octanol–water partition coefficient (Wildman–Crippen LogP) is 2.20. The highest BCUT2D eigenvalue weighted by molar-refractivity contribution is 6.31. The van der Waals surface area contributed by atoms with Gasteiger partial charge in [0.15, 0.2) is 0 Å². The zero-order chi connectivity index (χ0) is 16.6. The van der Waals surface area contributed by atoms with Crippen LogP contribution in [0, 0.1) is 13.8 Å². The number of rotatable bonds is 2. The van der Waals surface area contributed by atoms with Gasteiger partial charge in [-0.25, -0.2) is 0 Å². The minimum absolute atomic E-state index is 0.0936. The molecule has 0 aliphatic carbocycles. The van der Waals surface area contributed by atoms with E-state index in [0.717, 1.165) is 11.1 Å². The van der Waals surface area contributed by atoms with Crippen molar-refractivity contribution < 1.29 is 9.90 Å². The highest BCUT2D eigenvalue weighted by Gasteiger charge is 2.39. The van der Waals surface area contributed by atoms with Crippen LogP contribution in [0.3, 0.4) is 0 Å². The van der Waals surface area contributed by atoms with Crippen LogP contribution in [-0.2, 0) is 5.60 Å². The van der Waals surface area contributed by atoms with Crippen molar-refractivity contribution in [2.75, 3.05) is 13.1 Å². The smallest absolute Gasteiger partial charge is 0.254 e. The molecule has 0 bridgehead atoms. The fourth-order valence-electron chi connectivity index (χ4n) is 3.03. The standard InChI is InChI=1S/C16H19ClN4O2/c1-10-7-13(17)11(2)6-12(10)15(22)21-5-3-4-16(23,9-21)14-8-18-20-19-14/h6-8,23H,3-5,9H2,1-2H3,(H,18,19,20)/t16-/m0/s1. The fraction of sp³-hybridized carbons (Fsp3) is 0.438. The van der Waals surface area contributed by atoms with Crippen molar-refractivity contribution in [3.05, 3.63) is 45.7 Å². The number of aromatic amines is 1. The Morgan fingerprint density at radius 2 is 2.17 bits per heavy atom. The van der Waals surface area contributed by atoms with E-state index in [1.54, 1.807) is 11.0 Å². The van der Waals surface area contributed by atoms with E-state index in [-0.39, 0.29) is 12.5 Å². The van der Waals surface area contributed by atoms with Gasteiger partial charge in [-0.05, 0) is 49.9 Å². The van der Waals surface area contributed by atoms with Gasteiger partial charge >= 0.3 is 0 Å². The number of halogens is 1. The zero-order valence-corrected chi connectivity index (χ0v) is 13.9. The topological polar surface area (TPSA) is 82.1 Å². The number of hydrogen-bond acceptors (Lipinski definition) is 4. The van der Waals surface area contributed by atoms with Gasteiger partial charge in [-0.3, -0.25) is 4.79 Å². The Balaban J connectivity index is 1.87. The van der Waals surface area contributed by atoms with Gasteiger partial charge in [0, 0.05) is 17.1 Å². The monoisotopic (exact) mass is 334 g/mol. The van der Waals surface area contributed by atoms with Gasteiger partial charge in [-0.15, -0.1) is 0 Å². The molecule has 3 rings (SSSR count). The lowest BCUT2D eigenvalue weighted by Crippen LogP contribution is -2.48. The molecule has 1 fully saturated rings. The van der Waals surface area contributed by atoms with Gasteiger partial charge in [-0.2, -0.15) is 15.4 Å². The summed E-state index contributed by atoms with van der Waals surface area (Å²) < 4.78 is 0. The summed E-state index contributed by atoms with van der Waals surface area (Å²) in [4.78, 5) is 14.5. The Labute approximate surface area is 139 Å². The van der Waals surface area contributed by atoms with E-state index in [0.29, 0.717) is 35.7 Å². The second kappa shape index (κ2) is 5.94. The van der Waals surface area contributed by atoms with Crippen LogP contribution < -0.4 is 0 Å². The van der Waals surface area contributed by atoms with Crippen LogP contribution in [0.25, 0.3) is 0 Å². The van der Waals surface area contributed by atoms with Crippen LogP contribution in [0.15, 0.2) is 18.3 Å². The van der Waals surface area contributed by atoms with E-state index < -0.39 is 5.60 Å². The maximum Gasteiger partial charge on any atom is 0.254 e. The summed E-state index contributed by atoms with van der Waals surface area (Å²) in [5, 5.41) is 21.7. The predicted molar refractivity (Wildman–Crippen MR) is 86.3 cm³/mol. The lowest BCUT2D eigenvalue weighted by Gasteiger charge is -2.38. The molecule has 1 aromatic heterocycles. The number of nitrogens with one attached hydrogen (secondary N) is 1. The number of β-amino-alcohol motifs (C(OH)–C–C–N with tert-alkyl or cyclic N) is 1. The van der Waals surface area contributed by atoms with Crippen LogP contribution in [0.2, 0.25) is 5.02 Å². The molecule has 2 heterocycles. The normalized spacial score (nSPS) is 21.5. The number of carbonyl (C=O) groups is 1. The van der Waals surface area contributed by atoms with E-state index in [4.69, 9.17) is 11.6 Å². The molecule has 2 N–H and O–H groups in total. The number of nitrogens with zero attached hydrogens (tertiary/aromatic N) is 3. The Morgan fingerprint density at radius 3 is 2.87 bits per heavy atom. The summed E-state index contributed by atoms with van der Waals surface area (Å²) in [6.07, 6.45) is 2.77. The molecule has 0 radical (unpaired) electrons. The van der Waals surface area contributed by atoms with Crippen LogP contribution >= 0.6 is 11.6 Å². The number of likely N-dealkylation sites (tertiary alicyclic amines) is 1. The van der Waals surface area contributed by atoms with Crippen molar-refractivity contribution in [3.8, 4) is 0 Å². The number of carbonyl (C=O) groups excluding carboxylic acids is 1. The molecule has 2 aromatic rings. The highest BCUT2D eigenvalue weighted by Crippen LogP contribution is 2.31. The largest absolute Gasteiger partial charge is 0.382 e. The molecule has 0 saturated carbocycles. The molecule has 7 heteroatoms. The summed E-state index contributed by atoms with van der Waals surface area (Å²) >= 11 is 6.11. The van der Waals surface area contributed by atoms with E-state index in [9.17, 15) is 9.90 Å². The average Bonchev–Trinajstić information content (AvgIpc) is 3.05. The maximum atomic E-state index is 12.9. The number of piperidine rings is 1. The van der Waals surface area contributed by atoms with Gasteiger partial charge in [0.05, 0.1) is 12.7 Å². The maximum absolute atomic E-state index is 12.9. The molecule has 1 amide bonds. The quantitative estimate of drug-likeness (QED) is 0.882. The van der Waals surface area contributed by atoms with Gasteiger partial charge in [0.2, 0.25) is 0 Å². The minimum Gasteiger partial charge on any atom is -0.382 e. The summed E-state index contributed by atoms with van der Waals surface area (Å²) in [7, 11) is 0. The van der Waals surface area contributed by atoms with Crippen molar-refractivity contribution in [2.45, 2.75) is 32.3 Å². The van der Waals surface area contributed by atoms with E-state index in [1.165, 1.54) is 6.20 Å². The van der Waals surface area contributed by atoms with Gasteiger partial charge in [-0.1, -0.05) is 11.6 Å². The molecule has 1 atom stereocenters. The van der Waals surface area contributed by atoms with E-state index in [1.807, 2.05) is 19.9 Å². The first kappa shape index (κ1) is 16.0. The molecule has 1 aromatic carbocycles. The third kappa shape index (κ3) is 2.96. The first-order valence-electron chi connectivity index (χ1n) is 7.55. The van der Waals surface area contributed by atoms with Crippen LogP contribution in [0.4, 0.5) is 0 Å². The van der Waals surface area contributed by atoms with E-state index >= 15 is 0 Å². The van der Waals surface area contributed by atoms with Crippen LogP contribution in [-0.4, -0.2) is 44.4 Å². The molecule has 0 unspecified atom stereocenters. The Hall–Kier alpha value is -1.92. The lowest BCUT2D eigenvalue weighted by atomic mass is 9.89. The molecule has 1 aliphatic heterocycles. The Kier molecular flexibility index (Phi) is 4.12. The third-order valence-corrected chi connectivity index (χ3v) is 4.79. The molecular weight excluding hydrogens is 316 g/mol. The lowest BCUT2D eigenvalue weighted by molar-refractivity contribution is -0.0320. The Bertz CT molecular complexity index is 732. The number of aromatic nitrogens is 3. The number of H-pyrrole nitrogens is 1. The first-order valence-corrected chi connectivity index (χ1v) is 7.93. The molecule has 1 saturated heterocycles.